The Balaban J connectivity index is 3.12. The number of rotatable bonds is 0. The maximum atomic E-state index is 5.35. The average molecular weight is 179 g/mol. The van der Waals surface area contributed by atoms with Gasteiger partial charge in [-0.2, -0.15) is 4.37 Å². The van der Waals surface area contributed by atoms with Gasteiger partial charge in [-0.15, -0.1) is 0 Å². The van der Waals surface area contributed by atoms with Crippen LogP contribution < -0.4 is 5.73 Å². The van der Waals surface area contributed by atoms with Crippen molar-refractivity contribution in [2.75, 3.05) is 5.73 Å². The molecule has 0 saturated heterocycles. The Bertz CT molecular complexity index is 145. The molecule has 1 heterocycles. The molecule has 0 unspecified atom stereocenters. The maximum absolute atomic E-state index is 5.35. The van der Waals surface area contributed by atoms with Gasteiger partial charge in [0.2, 0.25) is 0 Å². The third-order valence-electron chi connectivity index (χ3n) is 0.552. The van der Waals surface area contributed by atoms with E-state index < -0.39 is 0 Å². The molecule has 0 fully saturated rings. The van der Waals surface area contributed by atoms with Gasteiger partial charge in [0.05, 0.1) is 10.7 Å². The van der Waals surface area contributed by atoms with Crippen molar-refractivity contribution in [3.8, 4) is 0 Å². The van der Waals surface area contributed by atoms with Crippen LogP contribution in [0.15, 0.2) is 10.7 Å². The third-order valence-corrected chi connectivity index (χ3v) is 2.07. The molecule has 0 saturated carbocycles. The third kappa shape index (κ3) is 0.920. The van der Waals surface area contributed by atoms with Crippen LogP contribution in [0.3, 0.4) is 0 Å². The average Bonchev–Trinajstić information content (AvgIpc) is 1.91. The van der Waals surface area contributed by atoms with Crippen LogP contribution in [0, 0.1) is 0 Å². The van der Waals surface area contributed by atoms with E-state index in [1.54, 1.807) is 6.20 Å². The maximum Gasteiger partial charge on any atom is 0.121 e. The summed E-state index contributed by atoms with van der Waals surface area (Å²) in [5.74, 6) is 0. The fourth-order valence-corrected chi connectivity index (χ4v) is 1.10. The molecule has 0 aliphatic carbocycles. The zero-order valence-corrected chi connectivity index (χ0v) is 5.79. The van der Waals surface area contributed by atoms with Crippen molar-refractivity contribution in [3.63, 3.8) is 0 Å². The monoisotopic (exact) mass is 178 g/mol. The van der Waals surface area contributed by atoms with E-state index in [1.165, 1.54) is 11.5 Å². The van der Waals surface area contributed by atoms with Crippen LogP contribution in [-0.4, -0.2) is 4.37 Å². The molecule has 0 spiro atoms. The van der Waals surface area contributed by atoms with Gasteiger partial charge in [0.25, 0.3) is 0 Å². The van der Waals surface area contributed by atoms with Crippen molar-refractivity contribution in [2.45, 2.75) is 0 Å². The molecule has 0 aromatic carbocycles. The van der Waals surface area contributed by atoms with Crippen molar-refractivity contribution in [3.05, 3.63) is 10.7 Å². The van der Waals surface area contributed by atoms with Crippen molar-refractivity contribution in [2.24, 2.45) is 0 Å². The van der Waals surface area contributed by atoms with E-state index >= 15 is 0 Å². The molecule has 0 aliphatic rings. The van der Waals surface area contributed by atoms with Crippen LogP contribution in [0.25, 0.3) is 0 Å². The summed E-state index contributed by atoms with van der Waals surface area (Å²) in [5, 5.41) is 0.736. The number of nitrogen functional groups attached to an aromatic ring is 1. The van der Waals surface area contributed by atoms with E-state index in [2.05, 4.69) is 20.3 Å². The lowest BCUT2D eigenvalue weighted by Crippen LogP contribution is -1.75. The van der Waals surface area contributed by atoms with E-state index in [0.717, 1.165) is 9.47 Å². The number of nitrogens with two attached hydrogens (primary N) is 1. The number of hydrogen-bond acceptors (Lipinski definition) is 3. The van der Waals surface area contributed by atoms with E-state index in [4.69, 9.17) is 5.73 Å². The summed E-state index contributed by atoms with van der Waals surface area (Å²) >= 11 is 4.47. The second-order valence-corrected chi connectivity index (χ2v) is 2.73. The highest BCUT2D eigenvalue weighted by Crippen LogP contribution is 2.21. The highest BCUT2D eigenvalue weighted by Gasteiger charge is 1.92. The first-order valence-corrected chi connectivity index (χ1v) is 3.23. The largest absolute Gasteiger partial charge is 0.388 e. The number of nitrogens with zero attached hydrogens (tertiary/aromatic N) is 1. The Morgan fingerprint density at radius 1 is 1.86 bits per heavy atom. The van der Waals surface area contributed by atoms with Gasteiger partial charge in [-0.1, -0.05) is 0 Å². The van der Waals surface area contributed by atoms with Gasteiger partial charge in [0.1, 0.15) is 5.00 Å². The van der Waals surface area contributed by atoms with E-state index in [9.17, 15) is 0 Å². The molecule has 7 heavy (non-hydrogen) atoms. The molecular weight excluding hydrogens is 176 g/mol. The van der Waals surface area contributed by atoms with Crippen LogP contribution in [0.2, 0.25) is 0 Å². The quantitative estimate of drug-likeness (QED) is 0.655. The first-order chi connectivity index (χ1) is 3.30. The molecule has 1 rings (SSSR count). The van der Waals surface area contributed by atoms with Crippen molar-refractivity contribution in [1.29, 1.82) is 0 Å². The second kappa shape index (κ2) is 1.79. The van der Waals surface area contributed by atoms with Crippen LogP contribution in [-0.2, 0) is 0 Å². The summed E-state index contributed by atoms with van der Waals surface area (Å²) in [6.07, 6.45) is 1.68. The fraction of sp³-hybridized carbons (Fsp3) is 0. The summed E-state index contributed by atoms with van der Waals surface area (Å²) in [4.78, 5) is 0. The second-order valence-electron chi connectivity index (χ2n) is 1.04. The first kappa shape index (κ1) is 5.05. The standard InChI is InChI=1S/C3H3BrN2S/c4-2-1-6-7-3(2)5/h1H,5H2. The van der Waals surface area contributed by atoms with Gasteiger partial charge in [-0.3, -0.25) is 0 Å². The molecule has 0 aliphatic heterocycles. The lowest BCUT2D eigenvalue weighted by molar-refractivity contribution is 1.56. The molecule has 0 bridgehead atoms. The molecule has 38 valence electrons. The van der Waals surface area contributed by atoms with Crippen LogP contribution in [0.4, 0.5) is 5.00 Å². The summed E-state index contributed by atoms with van der Waals surface area (Å²) < 4.78 is 4.68. The van der Waals surface area contributed by atoms with Gasteiger partial charge in [0.15, 0.2) is 0 Å². The topological polar surface area (TPSA) is 38.9 Å². The summed E-state index contributed by atoms with van der Waals surface area (Å²) in [6, 6.07) is 0. The molecule has 2 N–H and O–H groups in total. The van der Waals surface area contributed by atoms with Crippen LogP contribution >= 0.6 is 27.5 Å². The summed E-state index contributed by atoms with van der Waals surface area (Å²) in [7, 11) is 0. The number of aromatic nitrogens is 1. The minimum absolute atomic E-state index is 0.736. The Morgan fingerprint density at radius 3 is 2.71 bits per heavy atom. The predicted molar refractivity (Wildman–Crippen MR) is 34.2 cm³/mol. The Morgan fingerprint density at radius 2 is 2.57 bits per heavy atom. The summed E-state index contributed by atoms with van der Waals surface area (Å²) in [5.41, 5.74) is 5.35. The lowest BCUT2D eigenvalue weighted by Gasteiger charge is -1.76. The first-order valence-electron chi connectivity index (χ1n) is 1.66. The van der Waals surface area contributed by atoms with E-state index in [-0.39, 0.29) is 0 Å². The minimum atomic E-state index is 0.736. The Kier molecular flexibility index (Phi) is 1.30. The predicted octanol–water partition coefficient (Wildman–Crippen LogP) is 1.49. The van der Waals surface area contributed by atoms with Gasteiger partial charge < -0.3 is 5.73 Å². The highest BCUT2D eigenvalue weighted by molar-refractivity contribution is 9.10. The molecule has 1 aromatic rings. The van der Waals surface area contributed by atoms with Crippen LogP contribution in [0.1, 0.15) is 0 Å². The molecule has 1 aromatic heterocycles. The lowest BCUT2D eigenvalue weighted by atomic mass is 10.7. The smallest absolute Gasteiger partial charge is 0.121 e. The Labute approximate surface area is 53.6 Å². The molecule has 0 atom stereocenters. The van der Waals surface area contributed by atoms with Crippen molar-refractivity contribution in [1.82, 2.24) is 4.37 Å². The van der Waals surface area contributed by atoms with E-state index in [0.29, 0.717) is 0 Å². The number of halogens is 1. The number of anilines is 1. The highest BCUT2D eigenvalue weighted by atomic mass is 79.9. The SMILES string of the molecule is Nc1sncc1Br. The normalized spacial score (nSPS) is 9.29. The Hall–Kier alpha value is -0.0900. The molecule has 4 heteroatoms. The van der Waals surface area contributed by atoms with Gasteiger partial charge in [-0.25, -0.2) is 0 Å². The number of hydrogen-bond donors (Lipinski definition) is 1. The summed E-state index contributed by atoms with van der Waals surface area (Å²) in [6.45, 7) is 0. The van der Waals surface area contributed by atoms with Gasteiger partial charge in [-0.05, 0) is 27.5 Å². The van der Waals surface area contributed by atoms with Crippen LogP contribution in [0.5, 0.6) is 0 Å². The molecule has 0 amide bonds. The van der Waals surface area contributed by atoms with Gasteiger partial charge >= 0.3 is 0 Å². The van der Waals surface area contributed by atoms with Gasteiger partial charge in [0, 0.05) is 0 Å². The minimum Gasteiger partial charge on any atom is -0.388 e. The molecular formula is C3H3BrN2S. The zero-order chi connectivity index (χ0) is 5.28. The molecule has 0 radical (unpaired) electrons. The van der Waals surface area contributed by atoms with Crippen molar-refractivity contribution < 1.29 is 0 Å². The zero-order valence-electron chi connectivity index (χ0n) is 3.39. The van der Waals surface area contributed by atoms with Crippen molar-refractivity contribution >= 4 is 32.5 Å². The molecule has 2 nitrogen and oxygen atoms in total. The van der Waals surface area contributed by atoms with E-state index in [1.807, 2.05) is 0 Å². The fourth-order valence-electron chi connectivity index (χ4n) is 0.237.